The summed E-state index contributed by atoms with van der Waals surface area (Å²) in [4.78, 5) is 2.60. The summed E-state index contributed by atoms with van der Waals surface area (Å²) in [6.07, 6.45) is 0. The summed E-state index contributed by atoms with van der Waals surface area (Å²) in [6.45, 7) is 0.0766. The van der Waals surface area contributed by atoms with Crippen LogP contribution in [0, 0.1) is 11.3 Å². The Kier molecular flexibility index (Phi) is 4.93. The summed E-state index contributed by atoms with van der Waals surface area (Å²) in [5.41, 5.74) is 8.89. The normalized spacial score (nSPS) is 11.1. The minimum absolute atomic E-state index is 0.0766. The molecule has 1 unspecified atom stereocenters. The van der Waals surface area contributed by atoms with E-state index in [-0.39, 0.29) is 6.54 Å². The van der Waals surface area contributed by atoms with Crippen LogP contribution in [0.1, 0.15) is 0 Å². The molecule has 0 spiro atoms. The van der Waals surface area contributed by atoms with Crippen LogP contribution in [0.4, 0.5) is 5.69 Å². The summed E-state index contributed by atoms with van der Waals surface area (Å²) in [6, 6.07) is 6.64. The Morgan fingerprint density at radius 1 is 1.69 bits per heavy atom. The van der Waals surface area contributed by atoms with Crippen molar-refractivity contribution in [1.29, 1.82) is 5.26 Å². The standard InChI is InChI=1S/C9H7BrClN5/c10-8-3-6(1-2-9(8)11)15-7(4-12)5-14-16-13/h1-3,7,15H,5H2. The van der Waals surface area contributed by atoms with Crippen LogP contribution < -0.4 is 5.32 Å². The molecule has 0 bridgehead atoms. The zero-order chi connectivity index (χ0) is 12.0. The molecule has 1 aromatic rings. The van der Waals surface area contributed by atoms with E-state index in [4.69, 9.17) is 22.4 Å². The van der Waals surface area contributed by atoms with Crippen LogP contribution >= 0.6 is 27.5 Å². The highest BCUT2D eigenvalue weighted by Gasteiger charge is 2.06. The van der Waals surface area contributed by atoms with Gasteiger partial charge in [0.2, 0.25) is 0 Å². The van der Waals surface area contributed by atoms with Gasteiger partial charge in [0.05, 0.1) is 17.6 Å². The van der Waals surface area contributed by atoms with Gasteiger partial charge in [0.15, 0.2) is 0 Å². The van der Waals surface area contributed by atoms with Crippen molar-refractivity contribution in [2.45, 2.75) is 6.04 Å². The first-order chi connectivity index (χ1) is 7.67. The predicted molar refractivity (Wildman–Crippen MR) is 66.2 cm³/mol. The fourth-order valence-electron chi connectivity index (χ4n) is 1.02. The molecule has 1 N–H and O–H groups in total. The lowest BCUT2D eigenvalue weighted by Gasteiger charge is -2.10. The number of rotatable bonds is 4. The Hall–Kier alpha value is -1.41. The lowest BCUT2D eigenvalue weighted by Crippen LogP contribution is -2.20. The second kappa shape index (κ2) is 6.23. The molecular formula is C9H7BrClN5. The van der Waals surface area contributed by atoms with Gasteiger partial charge in [0.1, 0.15) is 6.04 Å². The molecule has 0 aliphatic heterocycles. The third-order valence-corrected chi connectivity index (χ3v) is 2.96. The van der Waals surface area contributed by atoms with Crippen LogP contribution in [0.5, 0.6) is 0 Å². The van der Waals surface area contributed by atoms with Crippen molar-refractivity contribution in [2.24, 2.45) is 5.11 Å². The average Bonchev–Trinajstić information content (AvgIpc) is 2.29. The highest BCUT2D eigenvalue weighted by molar-refractivity contribution is 9.10. The number of nitrogens with zero attached hydrogens (tertiary/aromatic N) is 4. The van der Waals surface area contributed by atoms with E-state index in [1.165, 1.54) is 0 Å². The molecular weight excluding hydrogens is 293 g/mol. The molecule has 0 aromatic heterocycles. The molecule has 0 heterocycles. The zero-order valence-corrected chi connectivity index (χ0v) is 10.4. The topological polar surface area (TPSA) is 84.6 Å². The fourth-order valence-corrected chi connectivity index (χ4v) is 1.52. The third kappa shape index (κ3) is 3.63. The molecule has 1 rings (SSSR count). The van der Waals surface area contributed by atoms with Crippen molar-refractivity contribution in [3.8, 4) is 6.07 Å². The second-order valence-corrected chi connectivity index (χ2v) is 4.13. The van der Waals surface area contributed by atoms with E-state index in [2.05, 4.69) is 31.3 Å². The number of azide groups is 1. The van der Waals surface area contributed by atoms with Gasteiger partial charge in [-0.25, -0.2) is 0 Å². The molecule has 0 fully saturated rings. The molecule has 0 radical (unpaired) electrons. The first-order valence-electron chi connectivity index (χ1n) is 4.29. The van der Waals surface area contributed by atoms with Crippen molar-refractivity contribution in [3.63, 3.8) is 0 Å². The zero-order valence-electron chi connectivity index (χ0n) is 8.06. The molecule has 16 heavy (non-hydrogen) atoms. The molecule has 1 aromatic carbocycles. The molecule has 0 aliphatic carbocycles. The van der Waals surface area contributed by atoms with Gasteiger partial charge in [-0.2, -0.15) is 5.26 Å². The van der Waals surface area contributed by atoms with Gasteiger partial charge in [-0.1, -0.05) is 16.7 Å². The summed E-state index contributed by atoms with van der Waals surface area (Å²) in [5, 5.41) is 15.6. The van der Waals surface area contributed by atoms with Gasteiger partial charge in [-0.15, -0.1) is 0 Å². The highest BCUT2D eigenvalue weighted by atomic mass is 79.9. The number of anilines is 1. The van der Waals surface area contributed by atoms with E-state index >= 15 is 0 Å². The summed E-state index contributed by atoms with van der Waals surface area (Å²) < 4.78 is 0.736. The minimum Gasteiger partial charge on any atom is -0.370 e. The van der Waals surface area contributed by atoms with Gasteiger partial charge >= 0.3 is 0 Å². The smallest absolute Gasteiger partial charge is 0.120 e. The van der Waals surface area contributed by atoms with Crippen molar-refractivity contribution in [1.82, 2.24) is 0 Å². The van der Waals surface area contributed by atoms with Gasteiger partial charge in [0, 0.05) is 15.1 Å². The van der Waals surface area contributed by atoms with Gasteiger partial charge in [-0.05, 0) is 39.7 Å². The number of nitrogens with one attached hydrogen (secondary N) is 1. The van der Waals surface area contributed by atoms with Crippen molar-refractivity contribution >= 4 is 33.2 Å². The summed E-state index contributed by atoms with van der Waals surface area (Å²) >= 11 is 9.10. The largest absolute Gasteiger partial charge is 0.370 e. The lowest BCUT2D eigenvalue weighted by molar-refractivity contribution is 0.880. The average molecular weight is 301 g/mol. The number of benzene rings is 1. The Morgan fingerprint density at radius 3 is 3.00 bits per heavy atom. The van der Waals surface area contributed by atoms with Gasteiger partial charge in [0.25, 0.3) is 0 Å². The van der Waals surface area contributed by atoms with Crippen LogP contribution in [-0.2, 0) is 0 Å². The SMILES string of the molecule is N#CC(CN=[N+]=[N-])Nc1ccc(Cl)c(Br)c1. The Balaban J connectivity index is 2.75. The molecule has 5 nitrogen and oxygen atoms in total. The fraction of sp³-hybridized carbons (Fsp3) is 0.222. The molecule has 0 saturated carbocycles. The maximum atomic E-state index is 8.80. The summed E-state index contributed by atoms with van der Waals surface area (Å²) in [5.74, 6) is 0. The highest BCUT2D eigenvalue weighted by Crippen LogP contribution is 2.25. The Morgan fingerprint density at radius 2 is 2.44 bits per heavy atom. The van der Waals surface area contributed by atoms with Crippen LogP contribution in [0.3, 0.4) is 0 Å². The maximum Gasteiger partial charge on any atom is 0.120 e. The number of hydrogen-bond acceptors (Lipinski definition) is 3. The monoisotopic (exact) mass is 299 g/mol. The van der Waals surface area contributed by atoms with Gasteiger partial charge < -0.3 is 5.32 Å². The van der Waals surface area contributed by atoms with Gasteiger partial charge in [-0.3, -0.25) is 0 Å². The van der Waals surface area contributed by atoms with E-state index < -0.39 is 6.04 Å². The van der Waals surface area contributed by atoms with Crippen LogP contribution in [0.25, 0.3) is 10.4 Å². The van der Waals surface area contributed by atoms with E-state index in [0.29, 0.717) is 5.02 Å². The minimum atomic E-state index is -0.552. The molecule has 0 amide bonds. The van der Waals surface area contributed by atoms with Crippen LogP contribution in [0.2, 0.25) is 5.02 Å². The number of halogens is 2. The van der Waals surface area contributed by atoms with Crippen molar-refractivity contribution < 1.29 is 0 Å². The van der Waals surface area contributed by atoms with Crippen LogP contribution in [-0.4, -0.2) is 12.6 Å². The molecule has 0 aliphatic rings. The van der Waals surface area contributed by atoms with Crippen LogP contribution in [0.15, 0.2) is 27.8 Å². The van der Waals surface area contributed by atoms with E-state index in [1.807, 2.05) is 6.07 Å². The Bertz CT molecular complexity index is 463. The lowest BCUT2D eigenvalue weighted by atomic mass is 10.2. The molecule has 7 heteroatoms. The maximum absolute atomic E-state index is 8.80. The predicted octanol–water partition coefficient (Wildman–Crippen LogP) is 3.72. The molecule has 1 atom stereocenters. The van der Waals surface area contributed by atoms with Crippen molar-refractivity contribution in [3.05, 3.63) is 38.1 Å². The quantitative estimate of drug-likeness (QED) is 0.522. The third-order valence-electron chi connectivity index (χ3n) is 1.74. The Labute approximate surface area is 106 Å². The van der Waals surface area contributed by atoms with E-state index in [0.717, 1.165) is 10.2 Å². The first-order valence-corrected chi connectivity index (χ1v) is 5.46. The van der Waals surface area contributed by atoms with Crippen molar-refractivity contribution in [2.75, 3.05) is 11.9 Å². The van der Waals surface area contributed by atoms with E-state index in [9.17, 15) is 0 Å². The molecule has 82 valence electrons. The molecule has 0 saturated heterocycles. The first kappa shape index (κ1) is 12.7. The summed E-state index contributed by atoms with van der Waals surface area (Å²) in [7, 11) is 0. The number of nitriles is 1. The second-order valence-electron chi connectivity index (χ2n) is 2.87. The number of hydrogen-bond donors (Lipinski definition) is 1. The van der Waals surface area contributed by atoms with E-state index in [1.54, 1.807) is 18.2 Å².